The van der Waals surface area contributed by atoms with Crippen LogP contribution in [0.5, 0.6) is 0 Å². The lowest BCUT2D eigenvalue weighted by Gasteiger charge is -2.26. The van der Waals surface area contributed by atoms with Gasteiger partial charge in [0.2, 0.25) is 0 Å². The van der Waals surface area contributed by atoms with Crippen molar-refractivity contribution >= 4 is 5.69 Å². The lowest BCUT2D eigenvalue weighted by Crippen LogP contribution is -2.35. The van der Waals surface area contributed by atoms with Gasteiger partial charge < -0.3 is 10.2 Å². The van der Waals surface area contributed by atoms with Crippen LogP contribution in [0.4, 0.5) is 5.69 Å². The van der Waals surface area contributed by atoms with Gasteiger partial charge in [0.15, 0.2) is 0 Å². The second-order valence-electron chi connectivity index (χ2n) is 4.55. The average molecular weight is 213 g/mol. The molecule has 0 aliphatic carbocycles. The fourth-order valence-corrected chi connectivity index (χ4v) is 2.78. The Labute approximate surface area is 95.7 Å². The molecule has 16 heavy (non-hydrogen) atoms. The van der Waals surface area contributed by atoms with Gasteiger partial charge in [-0.05, 0) is 43.1 Å². The maximum Gasteiger partial charge on any atom is 0.0991 e. The van der Waals surface area contributed by atoms with Crippen molar-refractivity contribution in [2.75, 3.05) is 24.5 Å². The maximum absolute atomic E-state index is 8.87. The lowest BCUT2D eigenvalue weighted by molar-refractivity contribution is 0.654. The molecule has 1 saturated heterocycles. The molecule has 0 aromatic heterocycles. The molecule has 1 atom stereocenters. The van der Waals surface area contributed by atoms with Crippen LogP contribution in [0.15, 0.2) is 18.2 Å². The molecule has 1 N–H and O–H groups in total. The number of nitrogens with zero attached hydrogens (tertiary/aromatic N) is 2. The summed E-state index contributed by atoms with van der Waals surface area (Å²) in [5.74, 6) is 0. The molecule has 0 amide bonds. The molecule has 2 aliphatic heterocycles. The minimum absolute atomic E-state index is 0.647. The van der Waals surface area contributed by atoms with Crippen LogP contribution in [0, 0.1) is 11.3 Å². The molecule has 3 nitrogen and oxygen atoms in total. The third-order valence-electron chi connectivity index (χ3n) is 3.62. The van der Waals surface area contributed by atoms with Crippen molar-refractivity contribution in [3.05, 3.63) is 29.3 Å². The molecule has 1 aromatic rings. The van der Waals surface area contributed by atoms with E-state index in [0.717, 1.165) is 31.6 Å². The van der Waals surface area contributed by atoms with Gasteiger partial charge in [0, 0.05) is 24.8 Å². The zero-order chi connectivity index (χ0) is 11.0. The molecule has 0 radical (unpaired) electrons. The Morgan fingerprint density at radius 2 is 2.38 bits per heavy atom. The SMILES string of the molecule is N#Cc1ccc2c(c1)CCN2C1CCNC1. The molecule has 3 heteroatoms. The first kappa shape index (κ1) is 9.68. The van der Waals surface area contributed by atoms with Crippen molar-refractivity contribution in [1.82, 2.24) is 5.32 Å². The second kappa shape index (κ2) is 3.80. The zero-order valence-corrected chi connectivity index (χ0v) is 9.24. The fraction of sp³-hybridized carbons (Fsp3) is 0.462. The molecule has 3 rings (SSSR count). The van der Waals surface area contributed by atoms with Gasteiger partial charge in [-0.25, -0.2) is 0 Å². The van der Waals surface area contributed by atoms with Crippen LogP contribution in [-0.2, 0) is 6.42 Å². The van der Waals surface area contributed by atoms with Gasteiger partial charge in [0.25, 0.3) is 0 Å². The summed E-state index contributed by atoms with van der Waals surface area (Å²) < 4.78 is 0. The number of fused-ring (bicyclic) bond motifs is 1. The maximum atomic E-state index is 8.87. The summed E-state index contributed by atoms with van der Waals surface area (Å²) in [5.41, 5.74) is 3.46. The van der Waals surface area contributed by atoms with Crippen molar-refractivity contribution in [3.8, 4) is 6.07 Å². The van der Waals surface area contributed by atoms with Gasteiger partial charge in [0.05, 0.1) is 11.6 Å². The minimum atomic E-state index is 0.647. The molecule has 82 valence electrons. The van der Waals surface area contributed by atoms with Gasteiger partial charge in [-0.1, -0.05) is 0 Å². The number of nitriles is 1. The van der Waals surface area contributed by atoms with E-state index in [1.165, 1.54) is 17.7 Å². The first-order valence-corrected chi connectivity index (χ1v) is 5.89. The summed E-state index contributed by atoms with van der Waals surface area (Å²) in [6, 6.07) is 8.94. The topological polar surface area (TPSA) is 39.1 Å². The van der Waals surface area contributed by atoms with Crippen molar-refractivity contribution in [1.29, 1.82) is 5.26 Å². The number of hydrogen-bond acceptors (Lipinski definition) is 3. The highest BCUT2D eigenvalue weighted by Crippen LogP contribution is 2.31. The molecule has 2 heterocycles. The first-order valence-electron chi connectivity index (χ1n) is 5.89. The summed E-state index contributed by atoms with van der Waals surface area (Å²) in [5, 5.41) is 12.3. The average Bonchev–Trinajstić information content (AvgIpc) is 2.96. The van der Waals surface area contributed by atoms with Crippen molar-refractivity contribution in [2.24, 2.45) is 0 Å². The standard InChI is InChI=1S/C13H15N3/c14-8-10-1-2-13-11(7-10)4-6-16(13)12-3-5-15-9-12/h1-2,7,12,15H,3-6,9H2. The van der Waals surface area contributed by atoms with E-state index in [1.807, 2.05) is 12.1 Å². The number of nitrogens with one attached hydrogen (secondary N) is 1. The monoisotopic (exact) mass is 213 g/mol. The van der Waals surface area contributed by atoms with E-state index < -0.39 is 0 Å². The quantitative estimate of drug-likeness (QED) is 0.764. The summed E-state index contributed by atoms with van der Waals surface area (Å²) in [6.07, 6.45) is 2.32. The Balaban J connectivity index is 1.91. The van der Waals surface area contributed by atoms with E-state index in [9.17, 15) is 0 Å². The minimum Gasteiger partial charge on any atom is -0.367 e. The highest BCUT2D eigenvalue weighted by atomic mass is 15.2. The third kappa shape index (κ3) is 1.46. The van der Waals surface area contributed by atoms with Crippen molar-refractivity contribution < 1.29 is 0 Å². The number of rotatable bonds is 1. The highest BCUT2D eigenvalue weighted by Gasteiger charge is 2.27. The van der Waals surface area contributed by atoms with E-state index >= 15 is 0 Å². The van der Waals surface area contributed by atoms with E-state index in [-0.39, 0.29) is 0 Å². The Morgan fingerprint density at radius 1 is 1.44 bits per heavy atom. The van der Waals surface area contributed by atoms with Gasteiger partial charge in [-0.2, -0.15) is 5.26 Å². The van der Waals surface area contributed by atoms with Crippen molar-refractivity contribution in [3.63, 3.8) is 0 Å². The van der Waals surface area contributed by atoms with E-state index in [4.69, 9.17) is 5.26 Å². The smallest absolute Gasteiger partial charge is 0.0991 e. The van der Waals surface area contributed by atoms with E-state index in [0.29, 0.717) is 6.04 Å². The zero-order valence-electron chi connectivity index (χ0n) is 9.24. The highest BCUT2D eigenvalue weighted by molar-refractivity contribution is 5.61. The Morgan fingerprint density at radius 3 is 3.12 bits per heavy atom. The van der Waals surface area contributed by atoms with Crippen LogP contribution < -0.4 is 10.2 Å². The molecule has 0 saturated carbocycles. The predicted octanol–water partition coefficient (Wildman–Crippen LogP) is 1.28. The van der Waals surface area contributed by atoms with Gasteiger partial charge in [0.1, 0.15) is 0 Å². The predicted molar refractivity (Wildman–Crippen MR) is 63.5 cm³/mol. The first-order chi connectivity index (χ1) is 7.88. The van der Waals surface area contributed by atoms with Crippen LogP contribution in [0.1, 0.15) is 17.5 Å². The molecule has 1 unspecified atom stereocenters. The molecule has 1 aromatic carbocycles. The van der Waals surface area contributed by atoms with Crippen LogP contribution in [-0.4, -0.2) is 25.7 Å². The Hall–Kier alpha value is -1.53. The van der Waals surface area contributed by atoms with Crippen molar-refractivity contribution in [2.45, 2.75) is 18.9 Å². The third-order valence-corrected chi connectivity index (χ3v) is 3.62. The van der Waals surface area contributed by atoms with Gasteiger partial charge in [-0.15, -0.1) is 0 Å². The summed E-state index contributed by atoms with van der Waals surface area (Å²) in [4.78, 5) is 2.50. The normalized spacial score (nSPS) is 23.2. The molecule has 2 aliphatic rings. The Kier molecular flexibility index (Phi) is 2.30. The number of benzene rings is 1. The molecular formula is C13H15N3. The lowest BCUT2D eigenvalue weighted by atomic mass is 10.1. The number of anilines is 1. The Bertz CT molecular complexity index is 441. The largest absolute Gasteiger partial charge is 0.367 e. The van der Waals surface area contributed by atoms with E-state index in [1.54, 1.807) is 0 Å². The van der Waals surface area contributed by atoms with Crippen LogP contribution in [0.2, 0.25) is 0 Å². The van der Waals surface area contributed by atoms with Gasteiger partial charge >= 0.3 is 0 Å². The van der Waals surface area contributed by atoms with Gasteiger partial charge in [-0.3, -0.25) is 0 Å². The fourth-order valence-electron chi connectivity index (χ4n) is 2.78. The molecule has 0 bridgehead atoms. The summed E-state index contributed by atoms with van der Waals surface area (Å²) >= 11 is 0. The number of hydrogen-bond donors (Lipinski definition) is 1. The van der Waals surface area contributed by atoms with Crippen LogP contribution in [0.25, 0.3) is 0 Å². The molecule has 0 spiro atoms. The summed E-state index contributed by atoms with van der Waals surface area (Å²) in [7, 11) is 0. The summed E-state index contributed by atoms with van der Waals surface area (Å²) in [6.45, 7) is 3.34. The van der Waals surface area contributed by atoms with Crippen LogP contribution >= 0.6 is 0 Å². The molecule has 1 fully saturated rings. The molecular weight excluding hydrogens is 198 g/mol. The second-order valence-corrected chi connectivity index (χ2v) is 4.55. The van der Waals surface area contributed by atoms with Crippen LogP contribution in [0.3, 0.4) is 0 Å². The van der Waals surface area contributed by atoms with E-state index in [2.05, 4.69) is 22.4 Å².